The van der Waals surface area contributed by atoms with Crippen molar-refractivity contribution < 1.29 is 4.79 Å². The summed E-state index contributed by atoms with van der Waals surface area (Å²) in [5.41, 5.74) is 2.87. The predicted octanol–water partition coefficient (Wildman–Crippen LogP) is 4.25. The van der Waals surface area contributed by atoms with E-state index in [1.807, 2.05) is 18.2 Å². The third-order valence-electron chi connectivity index (χ3n) is 4.07. The second-order valence-corrected chi connectivity index (χ2v) is 6.09. The van der Waals surface area contributed by atoms with Crippen molar-refractivity contribution >= 4 is 17.4 Å². The summed E-state index contributed by atoms with van der Waals surface area (Å²) < 4.78 is 0. The summed E-state index contributed by atoms with van der Waals surface area (Å²) in [6.07, 6.45) is 3.56. The Hall–Kier alpha value is -3.65. The summed E-state index contributed by atoms with van der Waals surface area (Å²) in [6, 6.07) is 22.7. The van der Waals surface area contributed by atoms with E-state index < -0.39 is 0 Å². The first-order valence-corrected chi connectivity index (χ1v) is 8.80. The zero-order chi connectivity index (χ0) is 18.9. The quantitative estimate of drug-likeness (QED) is 0.620. The number of benzene rings is 2. The lowest BCUT2D eigenvalue weighted by Gasteiger charge is -2.08. The summed E-state index contributed by atoms with van der Waals surface area (Å²) in [7, 11) is 0. The van der Waals surface area contributed by atoms with Crippen LogP contribution in [0, 0.1) is 11.3 Å². The summed E-state index contributed by atoms with van der Waals surface area (Å²) in [4.78, 5) is 16.6. The summed E-state index contributed by atoms with van der Waals surface area (Å²) in [5.74, 6) is 0.485. The number of amides is 1. The number of carbonyl (C=O) groups is 1. The van der Waals surface area contributed by atoms with Gasteiger partial charge in [0.15, 0.2) is 0 Å². The van der Waals surface area contributed by atoms with Gasteiger partial charge in [0, 0.05) is 18.4 Å². The Morgan fingerprint density at radius 1 is 1.04 bits per heavy atom. The van der Waals surface area contributed by atoms with Gasteiger partial charge in [-0.25, -0.2) is 4.98 Å². The van der Waals surface area contributed by atoms with Gasteiger partial charge in [0.2, 0.25) is 0 Å². The number of hydrogen-bond acceptors (Lipinski definition) is 4. The number of carbonyl (C=O) groups excluding carboxylic acids is 1. The fraction of sp³-hybridized carbons (Fsp3) is 0.136. The predicted molar refractivity (Wildman–Crippen MR) is 107 cm³/mol. The molecule has 3 rings (SSSR count). The third kappa shape index (κ3) is 5.41. The van der Waals surface area contributed by atoms with Crippen LogP contribution in [0.5, 0.6) is 0 Å². The molecule has 1 aromatic heterocycles. The standard InChI is InChI=1S/C22H20N4O/c23-15-18-8-4-10-20(14-18)26-22(27)19-11-12-21(25-16-19)24-13-5-9-17-6-2-1-3-7-17/h1-4,6-8,10-12,14,16H,5,9,13H2,(H,24,25)(H,26,27). The number of aromatic nitrogens is 1. The van der Waals surface area contributed by atoms with E-state index in [4.69, 9.17) is 5.26 Å². The lowest BCUT2D eigenvalue weighted by Crippen LogP contribution is -2.13. The Balaban J connectivity index is 1.49. The lowest BCUT2D eigenvalue weighted by atomic mass is 10.1. The highest BCUT2D eigenvalue weighted by atomic mass is 16.1. The van der Waals surface area contributed by atoms with Gasteiger partial charge in [-0.15, -0.1) is 0 Å². The molecule has 134 valence electrons. The summed E-state index contributed by atoms with van der Waals surface area (Å²) in [6.45, 7) is 0.814. The topological polar surface area (TPSA) is 77.8 Å². The molecular weight excluding hydrogens is 336 g/mol. The minimum Gasteiger partial charge on any atom is -0.370 e. The van der Waals surface area contributed by atoms with Crippen LogP contribution in [0.15, 0.2) is 72.9 Å². The van der Waals surface area contributed by atoms with Gasteiger partial charge in [0.25, 0.3) is 5.91 Å². The minimum atomic E-state index is -0.256. The zero-order valence-corrected chi connectivity index (χ0v) is 14.9. The smallest absolute Gasteiger partial charge is 0.257 e. The van der Waals surface area contributed by atoms with Crippen LogP contribution in [0.3, 0.4) is 0 Å². The molecule has 5 heteroatoms. The van der Waals surface area contributed by atoms with E-state index in [2.05, 4.69) is 33.8 Å². The van der Waals surface area contributed by atoms with Crippen molar-refractivity contribution in [2.75, 3.05) is 17.2 Å². The average molecular weight is 356 g/mol. The Kier molecular flexibility index (Phi) is 6.16. The van der Waals surface area contributed by atoms with E-state index in [0.717, 1.165) is 25.2 Å². The molecule has 0 radical (unpaired) electrons. The molecule has 1 amide bonds. The first-order valence-electron chi connectivity index (χ1n) is 8.80. The monoisotopic (exact) mass is 356 g/mol. The highest BCUT2D eigenvalue weighted by Crippen LogP contribution is 2.12. The van der Waals surface area contributed by atoms with E-state index in [9.17, 15) is 4.79 Å². The number of nitriles is 1. The molecule has 2 N–H and O–H groups in total. The Labute approximate surface area is 158 Å². The van der Waals surface area contributed by atoms with Gasteiger partial charge in [0.05, 0.1) is 17.2 Å². The van der Waals surface area contributed by atoms with Crippen LogP contribution in [0.1, 0.15) is 27.9 Å². The maximum atomic E-state index is 12.3. The van der Waals surface area contributed by atoms with Crippen molar-refractivity contribution in [3.05, 3.63) is 89.6 Å². The van der Waals surface area contributed by atoms with Crippen LogP contribution in [-0.2, 0) is 6.42 Å². The number of aryl methyl sites for hydroxylation is 1. The van der Waals surface area contributed by atoms with Crippen molar-refractivity contribution in [1.29, 1.82) is 5.26 Å². The van der Waals surface area contributed by atoms with E-state index >= 15 is 0 Å². The van der Waals surface area contributed by atoms with Gasteiger partial charge in [-0.3, -0.25) is 4.79 Å². The summed E-state index contributed by atoms with van der Waals surface area (Å²) in [5, 5.41) is 15.0. The molecule has 5 nitrogen and oxygen atoms in total. The molecule has 1 heterocycles. The number of nitrogens with one attached hydrogen (secondary N) is 2. The largest absolute Gasteiger partial charge is 0.370 e. The van der Waals surface area contributed by atoms with Crippen LogP contribution < -0.4 is 10.6 Å². The van der Waals surface area contributed by atoms with Crippen LogP contribution in [0.4, 0.5) is 11.5 Å². The SMILES string of the molecule is N#Cc1cccc(NC(=O)c2ccc(NCCCc3ccccc3)nc2)c1. The van der Waals surface area contributed by atoms with Gasteiger partial charge in [0.1, 0.15) is 5.82 Å². The Morgan fingerprint density at radius 3 is 2.63 bits per heavy atom. The van der Waals surface area contributed by atoms with Crippen molar-refractivity contribution in [2.24, 2.45) is 0 Å². The van der Waals surface area contributed by atoms with Gasteiger partial charge >= 0.3 is 0 Å². The van der Waals surface area contributed by atoms with Gasteiger partial charge < -0.3 is 10.6 Å². The van der Waals surface area contributed by atoms with Crippen molar-refractivity contribution in [3.63, 3.8) is 0 Å². The van der Waals surface area contributed by atoms with Gasteiger partial charge in [-0.2, -0.15) is 5.26 Å². The molecule has 3 aromatic rings. The van der Waals surface area contributed by atoms with Crippen molar-refractivity contribution in [3.8, 4) is 6.07 Å². The maximum absolute atomic E-state index is 12.3. The molecule has 0 fully saturated rings. The molecule has 0 saturated heterocycles. The molecule has 0 saturated carbocycles. The number of rotatable bonds is 7. The first kappa shape index (κ1) is 18.2. The van der Waals surface area contributed by atoms with Crippen LogP contribution in [-0.4, -0.2) is 17.4 Å². The van der Waals surface area contributed by atoms with E-state index in [-0.39, 0.29) is 5.91 Å². The van der Waals surface area contributed by atoms with Gasteiger partial charge in [-0.05, 0) is 48.7 Å². The minimum absolute atomic E-state index is 0.256. The van der Waals surface area contributed by atoms with Crippen LogP contribution >= 0.6 is 0 Å². The molecular formula is C22H20N4O. The molecule has 27 heavy (non-hydrogen) atoms. The molecule has 2 aromatic carbocycles. The zero-order valence-electron chi connectivity index (χ0n) is 14.9. The fourth-order valence-corrected chi connectivity index (χ4v) is 2.66. The molecule has 0 aliphatic rings. The molecule has 0 unspecified atom stereocenters. The number of anilines is 2. The normalized spacial score (nSPS) is 10.0. The molecule has 0 atom stereocenters. The molecule has 0 bridgehead atoms. The summed E-state index contributed by atoms with van der Waals surface area (Å²) >= 11 is 0. The van der Waals surface area contributed by atoms with Crippen LogP contribution in [0.25, 0.3) is 0 Å². The second kappa shape index (κ2) is 9.16. The highest BCUT2D eigenvalue weighted by molar-refractivity contribution is 6.04. The Morgan fingerprint density at radius 2 is 1.89 bits per heavy atom. The van der Waals surface area contributed by atoms with Crippen molar-refractivity contribution in [2.45, 2.75) is 12.8 Å². The van der Waals surface area contributed by atoms with E-state index in [1.165, 1.54) is 5.56 Å². The Bertz CT molecular complexity index is 931. The van der Waals surface area contributed by atoms with E-state index in [1.54, 1.807) is 42.6 Å². The molecule has 0 aliphatic carbocycles. The van der Waals surface area contributed by atoms with E-state index in [0.29, 0.717) is 16.8 Å². The first-order chi connectivity index (χ1) is 13.2. The highest BCUT2D eigenvalue weighted by Gasteiger charge is 2.07. The third-order valence-corrected chi connectivity index (χ3v) is 4.07. The number of hydrogen-bond donors (Lipinski definition) is 2. The van der Waals surface area contributed by atoms with Gasteiger partial charge in [-0.1, -0.05) is 36.4 Å². The number of pyridine rings is 1. The lowest BCUT2D eigenvalue weighted by molar-refractivity contribution is 0.102. The second-order valence-electron chi connectivity index (χ2n) is 6.09. The number of nitrogens with zero attached hydrogens (tertiary/aromatic N) is 2. The van der Waals surface area contributed by atoms with Crippen molar-refractivity contribution in [1.82, 2.24) is 4.98 Å². The average Bonchev–Trinajstić information content (AvgIpc) is 2.72. The molecule has 0 aliphatic heterocycles. The molecule has 0 spiro atoms. The van der Waals surface area contributed by atoms with Crippen LogP contribution in [0.2, 0.25) is 0 Å². The maximum Gasteiger partial charge on any atom is 0.257 e. The fourth-order valence-electron chi connectivity index (χ4n) is 2.66.